The highest BCUT2D eigenvalue weighted by atomic mass is 35.5. The fourth-order valence-electron chi connectivity index (χ4n) is 1.24. The Morgan fingerprint density at radius 1 is 1.53 bits per heavy atom. The number of nitrogens with two attached hydrogens (primary N) is 1. The van der Waals surface area contributed by atoms with Crippen LogP contribution in [0.1, 0.15) is 15.2 Å². The maximum atomic E-state index is 11.8. The van der Waals surface area contributed by atoms with Crippen LogP contribution in [-0.4, -0.2) is 15.9 Å². The zero-order valence-corrected chi connectivity index (χ0v) is 10.3. The average molecular weight is 269 g/mol. The zero-order chi connectivity index (χ0) is 12.3. The molecule has 2 rings (SSSR count). The van der Waals surface area contributed by atoms with Crippen molar-refractivity contribution in [2.45, 2.75) is 6.54 Å². The summed E-state index contributed by atoms with van der Waals surface area (Å²) in [5.41, 5.74) is 5.96. The van der Waals surface area contributed by atoms with Crippen LogP contribution in [0.4, 0.5) is 5.82 Å². The first-order valence-electron chi connectivity index (χ1n) is 4.75. The highest BCUT2D eigenvalue weighted by Crippen LogP contribution is 2.17. The molecule has 2 heterocycles. The predicted octanol–water partition coefficient (Wildman–Crippen LogP) is 1.70. The van der Waals surface area contributed by atoms with Crippen molar-refractivity contribution < 1.29 is 4.79 Å². The Morgan fingerprint density at radius 2 is 2.35 bits per heavy atom. The molecule has 0 aromatic carbocycles. The molecule has 1 amide bonds. The molecule has 88 valence electrons. The summed E-state index contributed by atoms with van der Waals surface area (Å²) >= 11 is 7.00. The average Bonchev–Trinajstić information content (AvgIpc) is 2.73. The molecule has 17 heavy (non-hydrogen) atoms. The summed E-state index contributed by atoms with van der Waals surface area (Å²) in [7, 11) is 0. The first-order chi connectivity index (χ1) is 8.16. The van der Waals surface area contributed by atoms with Gasteiger partial charge in [0.25, 0.3) is 5.91 Å². The number of nitrogens with one attached hydrogen (secondary N) is 1. The molecule has 0 aliphatic carbocycles. The predicted molar refractivity (Wildman–Crippen MR) is 66.9 cm³/mol. The van der Waals surface area contributed by atoms with Gasteiger partial charge in [0, 0.05) is 17.3 Å². The van der Waals surface area contributed by atoms with Crippen LogP contribution in [0.25, 0.3) is 0 Å². The normalized spacial score (nSPS) is 10.2. The second-order valence-electron chi connectivity index (χ2n) is 3.20. The van der Waals surface area contributed by atoms with E-state index in [1.54, 1.807) is 18.3 Å². The molecular formula is C10H9ClN4OS. The van der Waals surface area contributed by atoms with Gasteiger partial charge in [0.05, 0.1) is 12.1 Å². The molecule has 5 nitrogen and oxygen atoms in total. The molecule has 0 spiro atoms. The standard InChI is InChI=1S/C10H9ClN4OS/c11-10-15-5-6(17-10)4-14-9(16)7-2-1-3-13-8(7)12/h1-3,5H,4H2,(H2,12,13)(H,14,16). The molecular weight excluding hydrogens is 260 g/mol. The van der Waals surface area contributed by atoms with E-state index in [0.29, 0.717) is 16.6 Å². The molecule has 0 aliphatic heterocycles. The lowest BCUT2D eigenvalue weighted by Crippen LogP contribution is -2.23. The van der Waals surface area contributed by atoms with Gasteiger partial charge in [0.15, 0.2) is 4.47 Å². The van der Waals surface area contributed by atoms with E-state index < -0.39 is 0 Å². The number of carbonyl (C=O) groups excluding carboxylic acids is 1. The quantitative estimate of drug-likeness (QED) is 0.888. The van der Waals surface area contributed by atoms with Crippen LogP contribution >= 0.6 is 22.9 Å². The number of halogens is 1. The molecule has 2 aromatic rings. The van der Waals surface area contributed by atoms with Crippen LogP contribution in [-0.2, 0) is 6.54 Å². The van der Waals surface area contributed by atoms with Gasteiger partial charge in [-0.1, -0.05) is 11.6 Å². The number of hydrogen-bond acceptors (Lipinski definition) is 5. The van der Waals surface area contributed by atoms with Gasteiger partial charge in [-0.05, 0) is 12.1 Å². The van der Waals surface area contributed by atoms with Crippen molar-refractivity contribution >= 4 is 34.7 Å². The number of pyridine rings is 1. The van der Waals surface area contributed by atoms with Crippen LogP contribution in [0.3, 0.4) is 0 Å². The Bertz CT molecular complexity index is 543. The summed E-state index contributed by atoms with van der Waals surface area (Å²) in [6, 6.07) is 3.28. The summed E-state index contributed by atoms with van der Waals surface area (Å²) in [6.07, 6.45) is 3.16. The minimum absolute atomic E-state index is 0.215. The second kappa shape index (κ2) is 5.11. The first-order valence-corrected chi connectivity index (χ1v) is 5.95. The lowest BCUT2D eigenvalue weighted by molar-refractivity contribution is 0.0952. The number of carbonyl (C=O) groups is 1. The van der Waals surface area contributed by atoms with Crippen LogP contribution in [0.5, 0.6) is 0 Å². The van der Waals surface area contributed by atoms with E-state index in [9.17, 15) is 4.79 Å². The number of nitrogen functional groups attached to an aromatic ring is 1. The summed E-state index contributed by atoms with van der Waals surface area (Å²) < 4.78 is 0.454. The maximum absolute atomic E-state index is 11.8. The van der Waals surface area contributed by atoms with E-state index in [4.69, 9.17) is 17.3 Å². The third-order valence-corrected chi connectivity index (χ3v) is 3.15. The Morgan fingerprint density at radius 3 is 3.00 bits per heavy atom. The van der Waals surface area contributed by atoms with E-state index in [0.717, 1.165) is 4.88 Å². The molecule has 7 heteroatoms. The van der Waals surface area contributed by atoms with Gasteiger partial charge in [-0.2, -0.15) is 0 Å². The number of rotatable bonds is 3. The minimum Gasteiger partial charge on any atom is -0.383 e. The molecule has 0 fully saturated rings. The van der Waals surface area contributed by atoms with Gasteiger partial charge in [0.2, 0.25) is 0 Å². The molecule has 3 N–H and O–H groups in total. The molecule has 2 aromatic heterocycles. The summed E-state index contributed by atoms with van der Waals surface area (Å²) in [4.78, 5) is 20.4. The SMILES string of the molecule is Nc1ncccc1C(=O)NCc1cnc(Cl)s1. The fourth-order valence-corrected chi connectivity index (χ4v) is 2.16. The van der Waals surface area contributed by atoms with Gasteiger partial charge >= 0.3 is 0 Å². The monoisotopic (exact) mass is 268 g/mol. The van der Waals surface area contributed by atoms with Crippen molar-refractivity contribution in [2.24, 2.45) is 0 Å². The van der Waals surface area contributed by atoms with Gasteiger partial charge < -0.3 is 11.1 Å². The molecule has 0 atom stereocenters. The van der Waals surface area contributed by atoms with Crippen molar-refractivity contribution in [1.29, 1.82) is 0 Å². The third kappa shape index (κ3) is 2.92. The molecule has 0 bridgehead atoms. The van der Waals surface area contributed by atoms with Crippen molar-refractivity contribution in [3.05, 3.63) is 39.4 Å². The molecule has 0 aliphatic rings. The van der Waals surface area contributed by atoms with Crippen LogP contribution in [0.2, 0.25) is 4.47 Å². The smallest absolute Gasteiger partial charge is 0.255 e. The number of hydrogen-bond donors (Lipinski definition) is 2. The summed E-state index contributed by atoms with van der Waals surface area (Å²) in [5.74, 6) is -0.0486. The Hall–Kier alpha value is -1.66. The van der Waals surface area contributed by atoms with Crippen molar-refractivity contribution in [3.8, 4) is 0 Å². The van der Waals surface area contributed by atoms with Crippen LogP contribution < -0.4 is 11.1 Å². The van der Waals surface area contributed by atoms with Crippen LogP contribution in [0, 0.1) is 0 Å². The summed E-state index contributed by atoms with van der Waals surface area (Å²) in [5, 5.41) is 2.72. The van der Waals surface area contributed by atoms with Gasteiger partial charge in [-0.25, -0.2) is 9.97 Å². The molecule has 0 saturated carbocycles. The van der Waals surface area contributed by atoms with E-state index in [-0.39, 0.29) is 11.7 Å². The number of aromatic nitrogens is 2. The number of thiazole rings is 1. The zero-order valence-electron chi connectivity index (χ0n) is 8.68. The topological polar surface area (TPSA) is 80.9 Å². The Kier molecular flexibility index (Phi) is 3.55. The van der Waals surface area contributed by atoms with E-state index in [2.05, 4.69) is 15.3 Å². The first kappa shape index (κ1) is 11.8. The van der Waals surface area contributed by atoms with Gasteiger partial charge in [0.1, 0.15) is 5.82 Å². The van der Waals surface area contributed by atoms with Gasteiger partial charge in [-0.3, -0.25) is 4.79 Å². The van der Waals surface area contributed by atoms with E-state index in [1.165, 1.54) is 17.5 Å². The largest absolute Gasteiger partial charge is 0.383 e. The van der Waals surface area contributed by atoms with Crippen LogP contribution in [0.15, 0.2) is 24.5 Å². The Balaban J connectivity index is 2.01. The van der Waals surface area contributed by atoms with E-state index in [1.807, 2.05) is 0 Å². The third-order valence-electron chi connectivity index (χ3n) is 2.03. The number of amides is 1. The number of nitrogens with zero attached hydrogens (tertiary/aromatic N) is 2. The van der Waals surface area contributed by atoms with E-state index >= 15 is 0 Å². The lowest BCUT2D eigenvalue weighted by Gasteiger charge is -2.04. The van der Waals surface area contributed by atoms with Gasteiger partial charge in [-0.15, -0.1) is 11.3 Å². The molecule has 0 unspecified atom stereocenters. The highest BCUT2D eigenvalue weighted by Gasteiger charge is 2.10. The van der Waals surface area contributed by atoms with Crippen molar-refractivity contribution in [2.75, 3.05) is 5.73 Å². The Labute approximate surface area is 107 Å². The maximum Gasteiger partial charge on any atom is 0.255 e. The lowest BCUT2D eigenvalue weighted by atomic mass is 10.2. The second-order valence-corrected chi connectivity index (χ2v) is 4.90. The summed E-state index contributed by atoms with van der Waals surface area (Å²) in [6.45, 7) is 0.373. The minimum atomic E-state index is -0.264. The van der Waals surface area contributed by atoms with Crippen molar-refractivity contribution in [1.82, 2.24) is 15.3 Å². The fraction of sp³-hybridized carbons (Fsp3) is 0.100. The number of anilines is 1. The highest BCUT2D eigenvalue weighted by molar-refractivity contribution is 7.15. The molecule has 0 saturated heterocycles. The molecule has 0 radical (unpaired) electrons. The van der Waals surface area contributed by atoms with Crippen molar-refractivity contribution in [3.63, 3.8) is 0 Å².